The first-order valence-electron chi connectivity index (χ1n) is 7.90. The summed E-state index contributed by atoms with van der Waals surface area (Å²) in [7, 11) is 3.96. The second-order valence-electron chi connectivity index (χ2n) is 6.16. The zero-order valence-electron chi connectivity index (χ0n) is 13.9. The van der Waals surface area contributed by atoms with Crippen molar-refractivity contribution in [2.45, 2.75) is 19.2 Å². The Morgan fingerprint density at radius 3 is 2.04 bits per heavy atom. The van der Waals surface area contributed by atoms with Crippen LogP contribution in [-0.2, 0) is 13.1 Å². The molecule has 1 atom stereocenters. The number of rotatable bonds is 8. The van der Waals surface area contributed by atoms with E-state index < -0.39 is 6.10 Å². The van der Waals surface area contributed by atoms with Crippen molar-refractivity contribution in [3.05, 3.63) is 65.7 Å². The lowest BCUT2D eigenvalue weighted by Crippen LogP contribution is -2.37. The van der Waals surface area contributed by atoms with Gasteiger partial charge in [-0.1, -0.05) is 48.5 Å². The topological polar surface area (TPSA) is 46.9 Å². The second-order valence-corrected chi connectivity index (χ2v) is 6.16. The van der Waals surface area contributed by atoms with Crippen LogP contribution in [0.2, 0.25) is 0 Å². The summed E-state index contributed by atoms with van der Waals surface area (Å²) in [4.78, 5) is 4.14. The van der Waals surface area contributed by atoms with Crippen LogP contribution in [0.15, 0.2) is 54.6 Å². The highest BCUT2D eigenvalue weighted by atomic mass is 16.3. The highest BCUT2D eigenvalue weighted by molar-refractivity contribution is 5.31. The number of nitrogens with zero attached hydrogens (tertiary/aromatic N) is 2. The molecule has 2 aromatic rings. The van der Waals surface area contributed by atoms with Crippen LogP contribution in [-0.4, -0.2) is 53.3 Å². The average molecular weight is 314 g/mol. The number of phenolic OH excluding ortho intramolecular Hbond substituents is 1. The van der Waals surface area contributed by atoms with Gasteiger partial charge in [0.2, 0.25) is 0 Å². The van der Waals surface area contributed by atoms with E-state index in [1.54, 1.807) is 6.07 Å². The fourth-order valence-electron chi connectivity index (χ4n) is 2.74. The predicted molar refractivity (Wildman–Crippen MR) is 93.2 cm³/mol. The molecule has 1 unspecified atom stereocenters. The molecule has 0 fully saturated rings. The average Bonchev–Trinajstić information content (AvgIpc) is 2.50. The van der Waals surface area contributed by atoms with E-state index in [1.165, 1.54) is 5.56 Å². The Kier molecular flexibility index (Phi) is 6.59. The highest BCUT2D eigenvalue weighted by Gasteiger charge is 2.12. The van der Waals surface area contributed by atoms with E-state index in [9.17, 15) is 10.2 Å². The maximum Gasteiger partial charge on any atom is 0.120 e. The molecule has 4 nitrogen and oxygen atoms in total. The number of para-hydroxylation sites is 1. The molecule has 0 aromatic heterocycles. The Labute approximate surface area is 138 Å². The molecular weight excluding hydrogens is 288 g/mol. The molecule has 0 saturated heterocycles. The number of hydrogen-bond donors (Lipinski definition) is 2. The van der Waals surface area contributed by atoms with Crippen LogP contribution in [0.1, 0.15) is 11.1 Å². The van der Waals surface area contributed by atoms with E-state index in [2.05, 4.69) is 17.0 Å². The van der Waals surface area contributed by atoms with Gasteiger partial charge >= 0.3 is 0 Å². The second kappa shape index (κ2) is 8.67. The highest BCUT2D eigenvalue weighted by Crippen LogP contribution is 2.17. The Bertz CT molecular complexity index is 589. The fraction of sp³-hybridized carbons (Fsp3) is 0.368. The van der Waals surface area contributed by atoms with E-state index in [0.29, 0.717) is 25.4 Å². The molecule has 0 spiro atoms. The lowest BCUT2D eigenvalue weighted by molar-refractivity contribution is 0.0865. The van der Waals surface area contributed by atoms with Gasteiger partial charge in [-0.2, -0.15) is 0 Å². The molecule has 0 aliphatic carbocycles. The first-order chi connectivity index (χ1) is 11.0. The van der Waals surface area contributed by atoms with Crippen LogP contribution >= 0.6 is 0 Å². The Balaban J connectivity index is 1.77. The van der Waals surface area contributed by atoms with E-state index in [4.69, 9.17) is 0 Å². The van der Waals surface area contributed by atoms with Gasteiger partial charge in [0.25, 0.3) is 0 Å². The molecule has 2 aromatic carbocycles. The quantitative estimate of drug-likeness (QED) is 0.785. The number of benzene rings is 2. The largest absolute Gasteiger partial charge is 0.508 e. The first kappa shape index (κ1) is 17.5. The van der Waals surface area contributed by atoms with E-state index in [-0.39, 0.29) is 0 Å². The fourth-order valence-corrected chi connectivity index (χ4v) is 2.74. The minimum absolute atomic E-state index is 0.301. The Morgan fingerprint density at radius 1 is 0.826 bits per heavy atom. The van der Waals surface area contributed by atoms with Gasteiger partial charge in [0.05, 0.1) is 6.10 Å². The molecule has 0 amide bonds. The Hall–Kier alpha value is -1.88. The van der Waals surface area contributed by atoms with E-state index in [1.807, 2.05) is 55.4 Å². The molecule has 0 bridgehead atoms. The summed E-state index contributed by atoms with van der Waals surface area (Å²) < 4.78 is 0. The van der Waals surface area contributed by atoms with Crippen molar-refractivity contribution in [3.8, 4) is 5.75 Å². The zero-order valence-corrected chi connectivity index (χ0v) is 13.9. The first-order valence-corrected chi connectivity index (χ1v) is 7.90. The summed E-state index contributed by atoms with van der Waals surface area (Å²) in [6.45, 7) is 2.61. The molecule has 0 aliphatic rings. The number of aromatic hydroxyl groups is 1. The van der Waals surface area contributed by atoms with Gasteiger partial charge in [-0.15, -0.1) is 0 Å². The van der Waals surface area contributed by atoms with Gasteiger partial charge in [-0.05, 0) is 25.7 Å². The molecule has 0 heterocycles. The smallest absolute Gasteiger partial charge is 0.120 e. The predicted octanol–water partition coefficient (Wildman–Crippen LogP) is 2.32. The van der Waals surface area contributed by atoms with Crippen LogP contribution in [0.5, 0.6) is 5.75 Å². The van der Waals surface area contributed by atoms with Crippen molar-refractivity contribution in [3.63, 3.8) is 0 Å². The maximum absolute atomic E-state index is 10.3. The van der Waals surface area contributed by atoms with Gasteiger partial charge in [-0.25, -0.2) is 0 Å². The molecule has 4 heteroatoms. The third-order valence-corrected chi connectivity index (χ3v) is 3.77. The number of aliphatic hydroxyl groups is 1. The number of aliphatic hydroxyl groups excluding tert-OH is 1. The minimum Gasteiger partial charge on any atom is -0.508 e. The molecule has 2 N–H and O–H groups in total. The van der Waals surface area contributed by atoms with Crippen LogP contribution in [0, 0.1) is 0 Å². The molecular formula is C19H26N2O2. The molecule has 0 saturated carbocycles. The zero-order chi connectivity index (χ0) is 16.7. The third kappa shape index (κ3) is 6.02. The Morgan fingerprint density at radius 2 is 1.39 bits per heavy atom. The van der Waals surface area contributed by atoms with Crippen LogP contribution in [0.4, 0.5) is 0 Å². The van der Waals surface area contributed by atoms with Crippen molar-refractivity contribution < 1.29 is 10.2 Å². The molecule has 124 valence electrons. The summed E-state index contributed by atoms with van der Waals surface area (Å²) in [6, 6.07) is 17.6. The summed E-state index contributed by atoms with van der Waals surface area (Å²) in [5.41, 5.74) is 2.12. The van der Waals surface area contributed by atoms with E-state index >= 15 is 0 Å². The monoisotopic (exact) mass is 314 g/mol. The van der Waals surface area contributed by atoms with Crippen molar-refractivity contribution in [1.82, 2.24) is 9.80 Å². The lowest BCUT2D eigenvalue weighted by atomic mass is 10.2. The lowest BCUT2D eigenvalue weighted by Gasteiger charge is -2.25. The van der Waals surface area contributed by atoms with Crippen molar-refractivity contribution >= 4 is 0 Å². The van der Waals surface area contributed by atoms with Crippen molar-refractivity contribution in [2.75, 3.05) is 27.2 Å². The number of phenols is 1. The normalized spacial score (nSPS) is 12.7. The summed E-state index contributed by atoms with van der Waals surface area (Å²) in [6.07, 6.45) is -0.431. The molecule has 23 heavy (non-hydrogen) atoms. The molecule has 0 aliphatic heterocycles. The summed E-state index contributed by atoms with van der Waals surface area (Å²) >= 11 is 0. The molecule has 2 rings (SSSR count). The summed E-state index contributed by atoms with van der Waals surface area (Å²) in [5.74, 6) is 0.301. The van der Waals surface area contributed by atoms with Gasteiger partial charge in [-0.3, -0.25) is 9.80 Å². The van der Waals surface area contributed by atoms with Gasteiger partial charge in [0, 0.05) is 31.7 Å². The van der Waals surface area contributed by atoms with Gasteiger partial charge in [0.1, 0.15) is 5.75 Å². The maximum atomic E-state index is 10.3. The van der Waals surface area contributed by atoms with E-state index in [0.717, 1.165) is 12.1 Å². The van der Waals surface area contributed by atoms with Crippen molar-refractivity contribution in [2.24, 2.45) is 0 Å². The third-order valence-electron chi connectivity index (χ3n) is 3.77. The van der Waals surface area contributed by atoms with Crippen LogP contribution in [0.25, 0.3) is 0 Å². The van der Waals surface area contributed by atoms with Crippen LogP contribution in [0.3, 0.4) is 0 Å². The standard InChI is InChI=1S/C19H26N2O2/c1-20(12-16-8-4-3-5-9-16)14-18(22)15-21(2)13-17-10-6-7-11-19(17)23/h3-11,18,22-23H,12-15H2,1-2H3. The van der Waals surface area contributed by atoms with Gasteiger partial charge in [0.15, 0.2) is 0 Å². The van der Waals surface area contributed by atoms with Crippen molar-refractivity contribution in [1.29, 1.82) is 0 Å². The SMILES string of the molecule is CN(Cc1ccccc1)CC(O)CN(C)Cc1ccccc1O. The number of likely N-dealkylation sites (N-methyl/N-ethyl adjacent to an activating group) is 2. The van der Waals surface area contributed by atoms with Gasteiger partial charge < -0.3 is 10.2 Å². The summed E-state index contributed by atoms with van der Waals surface area (Å²) in [5, 5.41) is 20.1. The number of hydrogen-bond acceptors (Lipinski definition) is 4. The van der Waals surface area contributed by atoms with Crippen LogP contribution < -0.4 is 0 Å². The minimum atomic E-state index is -0.431. The molecule has 0 radical (unpaired) electrons.